The fourth-order valence-corrected chi connectivity index (χ4v) is 4.10. The Morgan fingerprint density at radius 2 is 1.84 bits per heavy atom. The Labute approximate surface area is 179 Å². The predicted octanol–water partition coefficient (Wildman–Crippen LogP) is 3.66. The van der Waals surface area contributed by atoms with E-state index in [4.69, 9.17) is 9.26 Å². The normalized spacial score (nSPS) is 18.4. The second kappa shape index (κ2) is 8.37. The summed E-state index contributed by atoms with van der Waals surface area (Å²) in [7, 11) is 0. The van der Waals surface area contributed by atoms with Gasteiger partial charge in [-0.15, -0.1) is 0 Å². The molecule has 1 saturated heterocycles. The van der Waals surface area contributed by atoms with Crippen molar-refractivity contribution in [2.45, 2.75) is 31.9 Å². The summed E-state index contributed by atoms with van der Waals surface area (Å²) in [6.07, 6.45) is 2.66. The molecule has 0 saturated carbocycles. The number of aromatic nitrogens is 2. The van der Waals surface area contributed by atoms with E-state index >= 15 is 0 Å². The molecule has 5 rings (SSSR count). The molecule has 0 N–H and O–H groups in total. The lowest BCUT2D eigenvalue weighted by molar-refractivity contribution is -0.139. The first kappa shape index (κ1) is 19.5. The van der Waals surface area contributed by atoms with Gasteiger partial charge in [0, 0.05) is 18.7 Å². The van der Waals surface area contributed by atoms with Gasteiger partial charge in [0.1, 0.15) is 11.6 Å². The van der Waals surface area contributed by atoms with Crippen LogP contribution in [-0.2, 0) is 11.3 Å². The molecular weight excluding hydrogens is 399 g/mol. The molecule has 0 aliphatic carbocycles. The maximum atomic E-state index is 13.2. The number of amides is 1. The molecule has 0 radical (unpaired) electrons. The zero-order valence-corrected chi connectivity index (χ0v) is 17.0. The molecule has 1 atom stereocenters. The number of halogens is 1. The molecular formula is C23H23FN4O3. The van der Waals surface area contributed by atoms with E-state index in [9.17, 15) is 9.18 Å². The van der Waals surface area contributed by atoms with E-state index in [0.29, 0.717) is 36.1 Å². The minimum Gasteiger partial charge on any atom is -0.477 e. The Hall–Kier alpha value is -3.42. The first-order valence-electron chi connectivity index (χ1n) is 10.6. The molecule has 8 heteroatoms. The number of nitrogens with zero attached hydrogens (tertiary/aromatic N) is 4. The molecule has 160 valence electrons. The number of fused-ring (bicyclic) bond motifs is 1. The van der Waals surface area contributed by atoms with E-state index < -0.39 is 6.10 Å². The van der Waals surface area contributed by atoms with Crippen molar-refractivity contribution in [1.82, 2.24) is 15.0 Å². The molecule has 1 aromatic heterocycles. The van der Waals surface area contributed by atoms with Crippen molar-refractivity contribution in [2.24, 2.45) is 0 Å². The number of hydrogen-bond donors (Lipinski definition) is 0. The minimum atomic E-state index is -0.576. The van der Waals surface area contributed by atoms with Crippen LogP contribution in [0.15, 0.2) is 53.1 Å². The lowest BCUT2D eigenvalue weighted by Gasteiger charge is -2.37. The molecule has 2 aliphatic heterocycles. The van der Waals surface area contributed by atoms with Gasteiger partial charge in [0.2, 0.25) is 11.7 Å². The average molecular weight is 422 g/mol. The first-order chi connectivity index (χ1) is 15.2. The highest BCUT2D eigenvalue weighted by molar-refractivity contribution is 5.83. The van der Waals surface area contributed by atoms with Gasteiger partial charge < -0.3 is 19.1 Å². The molecule has 0 spiro atoms. The van der Waals surface area contributed by atoms with Crippen LogP contribution in [0.1, 0.15) is 25.2 Å². The highest BCUT2D eigenvalue weighted by Crippen LogP contribution is 2.34. The van der Waals surface area contributed by atoms with Crippen molar-refractivity contribution in [3.8, 4) is 17.1 Å². The molecule has 2 aliphatic rings. The van der Waals surface area contributed by atoms with Crippen molar-refractivity contribution in [1.29, 1.82) is 0 Å². The van der Waals surface area contributed by atoms with Crippen LogP contribution in [0.5, 0.6) is 5.75 Å². The Balaban J connectivity index is 1.36. The van der Waals surface area contributed by atoms with Gasteiger partial charge in [0.05, 0.1) is 18.8 Å². The van der Waals surface area contributed by atoms with Crippen molar-refractivity contribution in [3.05, 3.63) is 60.2 Å². The quantitative estimate of drug-likeness (QED) is 0.639. The Bertz CT molecular complexity index is 1060. The molecule has 3 aromatic rings. The average Bonchev–Trinajstić information content (AvgIpc) is 3.28. The topological polar surface area (TPSA) is 71.7 Å². The number of likely N-dealkylation sites (tertiary alicyclic amines) is 1. The van der Waals surface area contributed by atoms with E-state index in [-0.39, 0.29) is 11.7 Å². The molecule has 1 unspecified atom stereocenters. The first-order valence-corrected chi connectivity index (χ1v) is 10.6. The SMILES string of the molecule is O=C(C1CN(Cc2nc(-c3ccc(F)cc3)no2)c2ccccc2O1)N1CCCCC1. The van der Waals surface area contributed by atoms with Gasteiger partial charge in [-0.25, -0.2) is 4.39 Å². The van der Waals surface area contributed by atoms with Crippen LogP contribution in [0.3, 0.4) is 0 Å². The van der Waals surface area contributed by atoms with Crippen molar-refractivity contribution < 1.29 is 18.4 Å². The summed E-state index contributed by atoms with van der Waals surface area (Å²) in [5.74, 6) is 1.19. The van der Waals surface area contributed by atoms with Crippen LogP contribution in [0.25, 0.3) is 11.4 Å². The third-order valence-corrected chi connectivity index (χ3v) is 5.70. The van der Waals surface area contributed by atoms with Gasteiger partial charge in [0.25, 0.3) is 5.91 Å². The zero-order chi connectivity index (χ0) is 21.2. The summed E-state index contributed by atoms with van der Waals surface area (Å²) < 4.78 is 24.7. The number of carbonyl (C=O) groups excluding carboxylic acids is 1. The molecule has 1 amide bonds. The lowest BCUT2D eigenvalue weighted by Crippen LogP contribution is -2.51. The number of rotatable bonds is 4. The molecule has 2 aromatic carbocycles. The van der Waals surface area contributed by atoms with E-state index in [1.807, 2.05) is 34.1 Å². The number of benzene rings is 2. The number of carbonyl (C=O) groups is 1. The Kier molecular flexibility index (Phi) is 5.28. The van der Waals surface area contributed by atoms with Gasteiger partial charge in [0.15, 0.2) is 6.10 Å². The van der Waals surface area contributed by atoms with Gasteiger partial charge in [-0.3, -0.25) is 4.79 Å². The van der Waals surface area contributed by atoms with E-state index in [1.54, 1.807) is 12.1 Å². The highest BCUT2D eigenvalue weighted by Gasteiger charge is 2.34. The van der Waals surface area contributed by atoms with Gasteiger partial charge in [-0.2, -0.15) is 4.98 Å². The molecule has 7 nitrogen and oxygen atoms in total. The summed E-state index contributed by atoms with van der Waals surface area (Å²) in [5, 5.41) is 4.02. The summed E-state index contributed by atoms with van der Waals surface area (Å²) in [5.41, 5.74) is 1.56. The Morgan fingerprint density at radius 3 is 2.65 bits per heavy atom. The molecule has 0 bridgehead atoms. The molecule has 3 heterocycles. The Morgan fingerprint density at radius 1 is 1.06 bits per heavy atom. The summed E-state index contributed by atoms with van der Waals surface area (Å²) in [6, 6.07) is 13.6. The van der Waals surface area contributed by atoms with E-state index in [2.05, 4.69) is 10.1 Å². The van der Waals surface area contributed by atoms with Crippen molar-refractivity contribution in [3.63, 3.8) is 0 Å². The van der Waals surface area contributed by atoms with Crippen LogP contribution in [0, 0.1) is 5.82 Å². The number of anilines is 1. The zero-order valence-electron chi connectivity index (χ0n) is 17.0. The van der Waals surface area contributed by atoms with Crippen LogP contribution in [0.4, 0.5) is 10.1 Å². The van der Waals surface area contributed by atoms with Crippen LogP contribution in [-0.4, -0.2) is 46.7 Å². The minimum absolute atomic E-state index is 0.0248. The fraction of sp³-hybridized carbons (Fsp3) is 0.348. The van der Waals surface area contributed by atoms with Gasteiger partial charge in [-0.05, 0) is 55.7 Å². The largest absolute Gasteiger partial charge is 0.477 e. The summed E-state index contributed by atoms with van der Waals surface area (Å²) >= 11 is 0. The fourth-order valence-electron chi connectivity index (χ4n) is 4.10. The number of piperidine rings is 1. The smallest absolute Gasteiger partial charge is 0.265 e. The molecule has 31 heavy (non-hydrogen) atoms. The lowest BCUT2D eigenvalue weighted by atomic mass is 10.1. The monoisotopic (exact) mass is 422 g/mol. The maximum absolute atomic E-state index is 13.2. The highest BCUT2D eigenvalue weighted by atomic mass is 19.1. The van der Waals surface area contributed by atoms with E-state index in [1.165, 1.54) is 12.1 Å². The van der Waals surface area contributed by atoms with Crippen LogP contribution in [0.2, 0.25) is 0 Å². The maximum Gasteiger partial charge on any atom is 0.265 e. The van der Waals surface area contributed by atoms with E-state index in [0.717, 1.165) is 38.0 Å². The second-order valence-corrected chi connectivity index (χ2v) is 7.86. The summed E-state index contributed by atoms with van der Waals surface area (Å²) in [4.78, 5) is 21.5. The summed E-state index contributed by atoms with van der Waals surface area (Å²) in [6.45, 7) is 2.31. The van der Waals surface area contributed by atoms with Gasteiger partial charge in [-0.1, -0.05) is 17.3 Å². The predicted molar refractivity (Wildman–Crippen MR) is 112 cm³/mol. The van der Waals surface area contributed by atoms with Crippen LogP contribution >= 0.6 is 0 Å². The third kappa shape index (κ3) is 4.10. The standard InChI is InChI=1S/C23H23FN4O3/c24-17-10-8-16(9-11-17)22-25-21(31-26-22)15-28-14-20(23(29)27-12-4-1-5-13-27)30-19-7-3-2-6-18(19)28/h2-3,6-11,20H,1,4-5,12-15H2. The van der Waals surface area contributed by atoms with Crippen molar-refractivity contribution >= 4 is 11.6 Å². The number of ether oxygens (including phenoxy) is 1. The third-order valence-electron chi connectivity index (χ3n) is 5.70. The number of para-hydroxylation sites is 2. The van der Waals surface area contributed by atoms with Crippen molar-refractivity contribution in [2.75, 3.05) is 24.5 Å². The van der Waals surface area contributed by atoms with Gasteiger partial charge >= 0.3 is 0 Å². The van der Waals surface area contributed by atoms with Crippen LogP contribution < -0.4 is 9.64 Å². The number of hydrogen-bond acceptors (Lipinski definition) is 6. The molecule has 1 fully saturated rings. The second-order valence-electron chi connectivity index (χ2n) is 7.86.